The molecule has 8 nitrogen and oxygen atoms in total. The highest BCUT2D eigenvalue weighted by atomic mass is 35.5. The van der Waals surface area contributed by atoms with Crippen LogP contribution in [0.15, 0.2) is 33.9 Å². The molecule has 1 aliphatic heterocycles. The SMILES string of the molecule is CN1CCN(c2nc3c(c(=O)n(Cc4ccc(Cl)cc4)c(=O)n3C)n2C)CC1. The lowest BCUT2D eigenvalue weighted by Crippen LogP contribution is -2.45. The third-order valence-corrected chi connectivity index (χ3v) is 5.63. The topological polar surface area (TPSA) is 68.3 Å². The first-order chi connectivity index (χ1) is 13.4. The number of piperazine rings is 1. The Morgan fingerprint density at radius 1 is 0.964 bits per heavy atom. The second-order valence-corrected chi connectivity index (χ2v) is 7.73. The van der Waals surface area contributed by atoms with Crippen LogP contribution in [0, 0.1) is 0 Å². The maximum absolute atomic E-state index is 13.2. The number of benzene rings is 1. The van der Waals surface area contributed by atoms with E-state index in [2.05, 4.69) is 21.8 Å². The van der Waals surface area contributed by atoms with Crippen LogP contribution in [0.3, 0.4) is 0 Å². The number of aromatic nitrogens is 4. The fraction of sp³-hybridized carbons (Fsp3) is 0.421. The molecule has 4 rings (SSSR count). The van der Waals surface area contributed by atoms with Gasteiger partial charge in [-0.25, -0.2) is 4.79 Å². The molecule has 3 heterocycles. The molecule has 1 aromatic carbocycles. The van der Waals surface area contributed by atoms with Gasteiger partial charge in [0.1, 0.15) is 0 Å². The van der Waals surface area contributed by atoms with E-state index in [9.17, 15) is 9.59 Å². The maximum Gasteiger partial charge on any atom is 0.332 e. The van der Waals surface area contributed by atoms with Crippen LogP contribution in [0.4, 0.5) is 5.95 Å². The first kappa shape index (κ1) is 18.8. The fourth-order valence-corrected chi connectivity index (χ4v) is 3.76. The molecular formula is C19H23ClN6O2. The van der Waals surface area contributed by atoms with Crippen molar-refractivity contribution < 1.29 is 0 Å². The smallest absolute Gasteiger partial charge is 0.332 e. The highest BCUT2D eigenvalue weighted by Gasteiger charge is 2.23. The van der Waals surface area contributed by atoms with Crippen molar-refractivity contribution in [3.05, 3.63) is 55.7 Å². The highest BCUT2D eigenvalue weighted by Crippen LogP contribution is 2.19. The predicted octanol–water partition coefficient (Wildman–Crippen LogP) is 0.887. The van der Waals surface area contributed by atoms with Gasteiger partial charge in [-0.1, -0.05) is 23.7 Å². The average Bonchev–Trinajstić information content (AvgIpc) is 3.03. The van der Waals surface area contributed by atoms with Gasteiger partial charge in [0.05, 0.1) is 6.54 Å². The Bertz CT molecular complexity index is 1140. The second kappa shape index (κ2) is 7.10. The third kappa shape index (κ3) is 3.12. The number of anilines is 1. The summed E-state index contributed by atoms with van der Waals surface area (Å²) in [5.41, 5.74) is 0.979. The standard InChI is InChI=1S/C19H23ClN6O2/c1-22-8-10-25(11-9-22)18-21-16-15(23(18)2)17(27)26(19(28)24(16)3)12-13-4-6-14(20)7-5-13/h4-7H,8-12H2,1-3H3. The van der Waals surface area contributed by atoms with Crippen LogP contribution in [0.2, 0.25) is 5.02 Å². The molecule has 0 N–H and O–H groups in total. The van der Waals surface area contributed by atoms with Gasteiger partial charge < -0.3 is 14.4 Å². The molecule has 0 radical (unpaired) electrons. The largest absolute Gasteiger partial charge is 0.340 e. The Labute approximate surface area is 167 Å². The number of halogens is 1. The first-order valence-electron chi connectivity index (χ1n) is 9.21. The summed E-state index contributed by atoms with van der Waals surface area (Å²) in [6.07, 6.45) is 0. The van der Waals surface area contributed by atoms with Gasteiger partial charge in [-0.15, -0.1) is 0 Å². The van der Waals surface area contributed by atoms with E-state index in [1.165, 1.54) is 9.13 Å². The number of hydrogen-bond donors (Lipinski definition) is 0. The normalized spacial score (nSPS) is 15.5. The first-order valence-corrected chi connectivity index (χ1v) is 9.59. The molecule has 28 heavy (non-hydrogen) atoms. The zero-order chi connectivity index (χ0) is 20.0. The van der Waals surface area contributed by atoms with Crippen molar-refractivity contribution in [1.82, 2.24) is 23.6 Å². The van der Waals surface area contributed by atoms with Crippen molar-refractivity contribution in [3.8, 4) is 0 Å². The number of aryl methyl sites for hydroxylation is 2. The molecule has 1 aliphatic rings. The number of fused-ring (bicyclic) bond motifs is 1. The average molecular weight is 403 g/mol. The Hall–Kier alpha value is -2.58. The number of hydrogen-bond acceptors (Lipinski definition) is 5. The number of nitrogens with zero attached hydrogens (tertiary/aromatic N) is 6. The second-order valence-electron chi connectivity index (χ2n) is 7.29. The monoisotopic (exact) mass is 402 g/mol. The van der Waals surface area contributed by atoms with Crippen molar-refractivity contribution in [2.24, 2.45) is 14.1 Å². The van der Waals surface area contributed by atoms with Gasteiger partial charge in [0, 0.05) is 45.3 Å². The molecule has 9 heteroatoms. The van der Waals surface area contributed by atoms with Crippen LogP contribution >= 0.6 is 11.6 Å². The van der Waals surface area contributed by atoms with Crippen molar-refractivity contribution in [1.29, 1.82) is 0 Å². The maximum atomic E-state index is 13.2. The lowest BCUT2D eigenvalue weighted by molar-refractivity contribution is 0.310. The van der Waals surface area contributed by atoms with E-state index in [0.29, 0.717) is 16.2 Å². The van der Waals surface area contributed by atoms with Gasteiger partial charge in [0.15, 0.2) is 11.2 Å². The summed E-state index contributed by atoms with van der Waals surface area (Å²) in [5, 5.41) is 0.614. The van der Waals surface area contributed by atoms with Crippen LogP contribution in [0.5, 0.6) is 0 Å². The summed E-state index contributed by atoms with van der Waals surface area (Å²) in [6.45, 7) is 3.72. The predicted molar refractivity (Wildman–Crippen MR) is 110 cm³/mol. The van der Waals surface area contributed by atoms with Crippen molar-refractivity contribution >= 4 is 28.7 Å². The van der Waals surface area contributed by atoms with Crippen LogP contribution in [0.25, 0.3) is 11.2 Å². The summed E-state index contributed by atoms with van der Waals surface area (Å²) in [5.74, 6) is 0.722. The van der Waals surface area contributed by atoms with Gasteiger partial charge in [-0.2, -0.15) is 4.98 Å². The van der Waals surface area contributed by atoms with E-state index in [1.807, 2.05) is 19.2 Å². The molecule has 2 aromatic heterocycles. The van der Waals surface area contributed by atoms with Crippen LogP contribution < -0.4 is 16.1 Å². The van der Waals surface area contributed by atoms with Crippen molar-refractivity contribution in [2.45, 2.75) is 6.54 Å². The van der Waals surface area contributed by atoms with E-state index in [-0.39, 0.29) is 17.8 Å². The van der Waals surface area contributed by atoms with Crippen molar-refractivity contribution in [2.75, 3.05) is 38.1 Å². The van der Waals surface area contributed by atoms with Crippen LogP contribution in [-0.2, 0) is 20.6 Å². The molecule has 1 fully saturated rings. The van der Waals surface area contributed by atoms with E-state index >= 15 is 0 Å². The molecule has 3 aromatic rings. The third-order valence-electron chi connectivity index (χ3n) is 5.38. The quantitative estimate of drug-likeness (QED) is 0.650. The van der Waals surface area contributed by atoms with Gasteiger partial charge in [0.2, 0.25) is 5.95 Å². The van der Waals surface area contributed by atoms with Crippen molar-refractivity contribution in [3.63, 3.8) is 0 Å². The van der Waals surface area contributed by atoms with E-state index < -0.39 is 0 Å². The molecule has 0 aliphatic carbocycles. The minimum absolute atomic E-state index is 0.188. The Kier molecular flexibility index (Phi) is 4.76. The molecule has 0 atom stereocenters. The molecule has 0 unspecified atom stereocenters. The minimum Gasteiger partial charge on any atom is -0.340 e. The van der Waals surface area contributed by atoms with Gasteiger partial charge in [0.25, 0.3) is 5.56 Å². The van der Waals surface area contributed by atoms with E-state index in [0.717, 1.165) is 37.7 Å². The molecule has 0 saturated carbocycles. The molecule has 0 bridgehead atoms. The summed E-state index contributed by atoms with van der Waals surface area (Å²) in [6, 6.07) is 7.13. The van der Waals surface area contributed by atoms with Gasteiger partial charge in [-0.3, -0.25) is 13.9 Å². The molecule has 1 saturated heterocycles. The molecule has 148 valence electrons. The Morgan fingerprint density at radius 2 is 1.61 bits per heavy atom. The summed E-state index contributed by atoms with van der Waals surface area (Å²) < 4.78 is 4.51. The molecular weight excluding hydrogens is 380 g/mol. The van der Waals surface area contributed by atoms with Gasteiger partial charge >= 0.3 is 5.69 Å². The zero-order valence-corrected chi connectivity index (χ0v) is 17.0. The lowest BCUT2D eigenvalue weighted by Gasteiger charge is -2.32. The molecule has 0 amide bonds. The van der Waals surface area contributed by atoms with E-state index in [1.54, 1.807) is 23.7 Å². The number of likely N-dealkylation sites (N-methyl/N-ethyl adjacent to an activating group) is 1. The lowest BCUT2D eigenvalue weighted by atomic mass is 10.2. The Morgan fingerprint density at radius 3 is 2.25 bits per heavy atom. The van der Waals surface area contributed by atoms with Crippen LogP contribution in [0.1, 0.15) is 5.56 Å². The zero-order valence-electron chi connectivity index (χ0n) is 16.2. The summed E-state index contributed by atoms with van der Waals surface area (Å²) in [7, 11) is 5.58. The minimum atomic E-state index is -0.379. The Balaban J connectivity index is 1.82. The molecule has 0 spiro atoms. The number of imidazole rings is 1. The summed E-state index contributed by atoms with van der Waals surface area (Å²) in [4.78, 5) is 35.1. The van der Waals surface area contributed by atoms with E-state index in [4.69, 9.17) is 11.6 Å². The van der Waals surface area contributed by atoms with Gasteiger partial charge in [-0.05, 0) is 24.7 Å². The van der Waals surface area contributed by atoms with Crippen LogP contribution in [-0.4, -0.2) is 56.8 Å². The number of rotatable bonds is 3. The fourth-order valence-electron chi connectivity index (χ4n) is 3.63. The summed E-state index contributed by atoms with van der Waals surface area (Å²) >= 11 is 5.93. The highest BCUT2D eigenvalue weighted by molar-refractivity contribution is 6.30.